The zero-order valence-corrected chi connectivity index (χ0v) is 17.5. The highest BCUT2D eigenvalue weighted by molar-refractivity contribution is 14.0. The van der Waals surface area contributed by atoms with E-state index in [-0.39, 0.29) is 36.4 Å². The van der Waals surface area contributed by atoms with E-state index < -0.39 is 0 Å². The summed E-state index contributed by atoms with van der Waals surface area (Å²) in [4.78, 5) is 18.6. The van der Waals surface area contributed by atoms with Gasteiger partial charge in [0.05, 0.1) is 0 Å². The summed E-state index contributed by atoms with van der Waals surface area (Å²) in [7, 11) is 0. The van der Waals surface area contributed by atoms with Crippen molar-refractivity contribution in [2.24, 2.45) is 4.99 Å². The third kappa shape index (κ3) is 6.32. The number of nitrogens with one attached hydrogen (secondary N) is 2. The van der Waals surface area contributed by atoms with Crippen LogP contribution in [0.15, 0.2) is 4.99 Å². The maximum atomic E-state index is 11.7. The van der Waals surface area contributed by atoms with Gasteiger partial charge in [0.25, 0.3) is 0 Å². The van der Waals surface area contributed by atoms with Crippen molar-refractivity contribution in [2.45, 2.75) is 50.7 Å². The van der Waals surface area contributed by atoms with Gasteiger partial charge in [-0.05, 0) is 26.7 Å². The second kappa shape index (κ2) is 10.6. The normalized spacial score (nSPS) is 20.8. The average molecular weight is 454 g/mol. The molecule has 0 unspecified atom stereocenters. The van der Waals surface area contributed by atoms with Crippen LogP contribution in [0.5, 0.6) is 0 Å². The van der Waals surface area contributed by atoms with Gasteiger partial charge in [-0.25, -0.2) is 4.99 Å². The van der Waals surface area contributed by atoms with Crippen LogP contribution in [0.25, 0.3) is 0 Å². The summed E-state index contributed by atoms with van der Waals surface area (Å²) in [5, 5.41) is 6.16. The number of amides is 1. The topological polar surface area (TPSA) is 56.7 Å². The molecule has 1 aliphatic carbocycles. The first-order chi connectivity index (χ1) is 10.7. The fourth-order valence-corrected chi connectivity index (χ4v) is 4.92. The average Bonchev–Trinajstić information content (AvgIpc) is 2.52. The third-order valence-corrected chi connectivity index (χ3v) is 5.93. The molecular formula is C16H31IN4OS. The fraction of sp³-hybridized carbons (Fsp3) is 0.875. The molecule has 2 N–H and O–H groups in total. The molecule has 1 aliphatic heterocycles. The van der Waals surface area contributed by atoms with Crippen LogP contribution in [-0.4, -0.2) is 60.0 Å². The van der Waals surface area contributed by atoms with Gasteiger partial charge in [0, 0.05) is 36.7 Å². The molecule has 1 heterocycles. The van der Waals surface area contributed by atoms with E-state index in [1.807, 2.05) is 6.92 Å². The molecule has 23 heavy (non-hydrogen) atoms. The first-order valence-corrected chi connectivity index (χ1v) is 9.61. The lowest BCUT2D eigenvalue weighted by Gasteiger charge is -2.45. The number of carbonyl (C=O) groups is 1. The molecule has 0 aromatic carbocycles. The Morgan fingerprint density at radius 2 is 1.87 bits per heavy atom. The molecule has 2 rings (SSSR count). The number of halogens is 1. The Labute approximate surface area is 161 Å². The lowest BCUT2D eigenvalue weighted by Crippen LogP contribution is -2.53. The smallest absolute Gasteiger partial charge is 0.241 e. The number of guanidine groups is 1. The quantitative estimate of drug-likeness (QED) is 0.389. The van der Waals surface area contributed by atoms with Gasteiger partial charge >= 0.3 is 0 Å². The summed E-state index contributed by atoms with van der Waals surface area (Å²) in [5.74, 6) is 2.06. The van der Waals surface area contributed by atoms with E-state index in [4.69, 9.17) is 0 Å². The summed E-state index contributed by atoms with van der Waals surface area (Å²) < 4.78 is 0.415. The molecular weight excluding hydrogens is 423 g/mol. The van der Waals surface area contributed by atoms with Crippen molar-refractivity contribution in [3.05, 3.63) is 0 Å². The molecule has 0 atom stereocenters. The molecule has 2 fully saturated rings. The van der Waals surface area contributed by atoms with Crippen molar-refractivity contribution in [3.8, 4) is 0 Å². The summed E-state index contributed by atoms with van der Waals surface area (Å²) in [5.41, 5.74) is 0. The predicted octanol–water partition coefficient (Wildman–Crippen LogP) is 2.46. The summed E-state index contributed by atoms with van der Waals surface area (Å²) in [6, 6.07) is 0. The van der Waals surface area contributed by atoms with E-state index in [1.165, 1.54) is 32.1 Å². The predicted molar refractivity (Wildman–Crippen MR) is 110 cm³/mol. The van der Waals surface area contributed by atoms with Gasteiger partial charge in [-0.1, -0.05) is 19.3 Å². The number of thioether (sulfide) groups is 1. The summed E-state index contributed by atoms with van der Waals surface area (Å²) >= 11 is 2.15. The standard InChI is InChI=1S/C16H30N4OS.HI/c1-3-17-14(21)12-19-15(18-4-2)20-10-11-22-16(13-20)8-6-5-7-9-16;/h3-13H2,1-2H3,(H,17,21)(H,18,19);1H. The van der Waals surface area contributed by atoms with E-state index in [1.54, 1.807) is 0 Å². The zero-order chi connectivity index (χ0) is 15.8. The number of nitrogens with zero attached hydrogens (tertiary/aromatic N) is 2. The van der Waals surface area contributed by atoms with Gasteiger partial charge in [0.1, 0.15) is 6.54 Å². The van der Waals surface area contributed by atoms with Crippen molar-refractivity contribution < 1.29 is 4.79 Å². The summed E-state index contributed by atoms with van der Waals surface area (Å²) in [6.45, 7) is 7.82. The SMILES string of the molecule is CCNC(=O)CN=C(NCC)N1CCSC2(CCCCC2)C1.I. The molecule has 0 aromatic heterocycles. The first-order valence-electron chi connectivity index (χ1n) is 8.63. The highest BCUT2D eigenvalue weighted by Gasteiger charge is 2.38. The molecule has 0 radical (unpaired) electrons. The van der Waals surface area contributed by atoms with E-state index >= 15 is 0 Å². The molecule has 1 saturated heterocycles. The zero-order valence-electron chi connectivity index (χ0n) is 14.4. The van der Waals surface area contributed by atoms with Gasteiger partial charge in [0.2, 0.25) is 5.91 Å². The number of carbonyl (C=O) groups excluding carboxylic acids is 1. The number of hydrogen-bond acceptors (Lipinski definition) is 3. The third-order valence-electron chi connectivity index (χ3n) is 4.39. The maximum absolute atomic E-state index is 11.7. The Kier molecular flexibility index (Phi) is 9.65. The Bertz CT molecular complexity index is 394. The monoisotopic (exact) mass is 454 g/mol. The highest BCUT2D eigenvalue weighted by Crippen LogP contribution is 2.42. The van der Waals surface area contributed by atoms with Crippen LogP contribution in [0, 0.1) is 0 Å². The van der Waals surface area contributed by atoms with E-state index in [0.29, 0.717) is 11.3 Å². The van der Waals surface area contributed by atoms with E-state index in [9.17, 15) is 4.79 Å². The molecule has 1 spiro atoms. The minimum absolute atomic E-state index is 0. The lowest BCUT2D eigenvalue weighted by atomic mass is 9.87. The Morgan fingerprint density at radius 3 is 2.52 bits per heavy atom. The molecule has 2 aliphatic rings. The maximum Gasteiger partial charge on any atom is 0.241 e. The van der Waals surface area contributed by atoms with Crippen LogP contribution in [0.2, 0.25) is 0 Å². The molecule has 1 amide bonds. The number of hydrogen-bond donors (Lipinski definition) is 2. The Hall–Kier alpha value is -0.180. The highest BCUT2D eigenvalue weighted by atomic mass is 127. The van der Waals surface area contributed by atoms with Crippen LogP contribution >= 0.6 is 35.7 Å². The molecule has 5 nitrogen and oxygen atoms in total. The van der Waals surface area contributed by atoms with Crippen LogP contribution in [0.4, 0.5) is 0 Å². The molecule has 1 saturated carbocycles. The van der Waals surface area contributed by atoms with Crippen molar-refractivity contribution in [3.63, 3.8) is 0 Å². The minimum Gasteiger partial charge on any atom is -0.357 e. The van der Waals surface area contributed by atoms with Gasteiger partial charge in [-0.15, -0.1) is 24.0 Å². The van der Waals surface area contributed by atoms with Crippen molar-refractivity contribution in [2.75, 3.05) is 38.5 Å². The van der Waals surface area contributed by atoms with Crippen molar-refractivity contribution in [1.29, 1.82) is 0 Å². The number of rotatable bonds is 4. The summed E-state index contributed by atoms with van der Waals surface area (Å²) in [6.07, 6.45) is 6.74. The van der Waals surface area contributed by atoms with Crippen molar-refractivity contribution >= 4 is 47.6 Å². The van der Waals surface area contributed by atoms with Crippen LogP contribution in [0.1, 0.15) is 46.0 Å². The molecule has 0 bridgehead atoms. The van der Waals surface area contributed by atoms with E-state index in [0.717, 1.165) is 31.3 Å². The number of likely N-dealkylation sites (N-methyl/N-ethyl adjacent to an activating group) is 1. The molecule has 0 aromatic rings. The molecule has 134 valence electrons. The lowest BCUT2D eigenvalue weighted by molar-refractivity contribution is -0.119. The molecule has 7 heteroatoms. The second-order valence-electron chi connectivity index (χ2n) is 6.14. The van der Waals surface area contributed by atoms with Crippen LogP contribution in [0.3, 0.4) is 0 Å². The minimum atomic E-state index is -0.00309. The van der Waals surface area contributed by atoms with Gasteiger partial charge in [-0.3, -0.25) is 4.79 Å². The van der Waals surface area contributed by atoms with Crippen LogP contribution in [-0.2, 0) is 4.79 Å². The number of aliphatic imine (C=N–C) groups is 1. The first kappa shape index (κ1) is 20.9. The van der Waals surface area contributed by atoms with Gasteiger partial charge in [-0.2, -0.15) is 11.8 Å². The van der Waals surface area contributed by atoms with Gasteiger partial charge in [0.15, 0.2) is 5.96 Å². The van der Waals surface area contributed by atoms with Crippen molar-refractivity contribution in [1.82, 2.24) is 15.5 Å². The van der Waals surface area contributed by atoms with Gasteiger partial charge < -0.3 is 15.5 Å². The van der Waals surface area contributed by atoms with Crippen LogP contribution < -0.4 is 10.6 Å². The fourth-order valence-electron chi connectivity index (χ4n) is 3.35. The largest absolute Gasteiger partial charge is 0.357 e. The Balaban J connectivity index is 0.00000264. The van der Waals surface area contributed by atoms with E-state index in [2.05, 4.69) is 39.2 Å². The second-order valence-corrected chi connectivity index (χ2v) is 7.70. The Morgan fingerprint density at radius 1 is 1.17 bits per heavy atom.